The zero-order valence-electron chi connectivity index (χ0n) is 20.0. The summed E-state index contributed by atoms with van der Waals surface area (Å²) in [6.07, 6.45) is 2.14. The monoisotopic (exact) mass is 528 g/mol. The van der Waals surface area contributed by atoms with Gasteiger partial charge < -0.3 is 19.5 Å². The summed E-state index contributed by atoms with van der Waals surface area (Å²) in [6, 6.07) is 17.7. The second kappa shape index (κ2) is 10.9. The number of piperidine rings is 1. The molecule has 0 saturated carbocycles. The molecule has 0 aliphatic carbocycles. The lowest BCUT2D eigenvalue weighted by Gasteiger charge is -2.34. The maximum atomic E-state index is 13.3. The Balaban J connectivity index is 0.00000304. The Bertz CT molecular complexity index is 1370. The largest absolute Gasteiger partial charge is 0.423 e. The Morgan fingerprint density at radius 1 is 1.11 bits per heavy atom. The van der Waals surface area contributed by atoms with E-state index in [0.29, 0.717) is 45.0 Å². The predicted octanol–water partition coefficient (Wildman–Crippen LogP) is 6.49. The highest BCUT2D eigenvalue weighted by Gasteiger charge is 2.24. The lowest BCUT2D eigenvalue weighted by molar-refractivity contribution is 0.102. The first-order valence-electron chi connectivity index (χ1n) is 11.6. The van der Waals surface area contributed by atoms with Gasteiger partial charge in [0.1, 0.15) is 11.3 Å². The van der Waals surface area contributed by atoms with E-state index in [4.69, 9.17) is 16.0 Å². The number of halogens is 3. The van der Waals surface area contributed by atoms with Crippen LogP contribution in [0.5, 0.6) is 0 Å². The Morgan fingerprint density at radius 2 is 1.83 bits per heavy atom. The van der Waals surface area contributed by atoms with Crippen LogP contribution in [-0.2, 0) is 0 Å². The molecule has 1 aliphatic heterocycles. The van der Waals surface area contributed by atoms with E-state index < -0.39 is 0 Å². The zero-order chi connectivity index (χ0) is 24.5. The van der Waals surface area contributed by atoms with Crippen molar-refractivity contribution in [2.75, 3.05) is 37.4 Å². The first-order chi connectivity index (χ1) is 16.9. The van der Waals surface area contributed by atoms with Gasteiger partial charge in [-0.25, -0.2) is 4.39 Å². The molecule has 5 rings (SSSR count). The van der Waals surface area contributed by atoms with Crippen LogP contribution in [0.15, 0.2) is 65.1 Å². The van der Waals surface area contributed by atoms with Gasteiger partial charge in [-0.2, -0.15) is 4.98 Å². The molecule has 0 bridgehead atoms. The molecule has 1 amide bonds. The van der Waals surface area contributed by atoms with Crippen LogP contribution in [0, 0.1) is 5.82 Å². The van der Waals surface area contributed by atoms with E-state index in [9.17, 15) is 9.18 Å². The minimum Gasteiger partial charge on any atom is -0.423 e. The lowest BCUT2D eigenvalue weighted by Crippen LogP contribution is -2.42. The molecule has 1 aromatic heterocycles. The molecule has 0 spiro atoms. The molecule has 9 heteroatoms. The van der Waals surface area contributed by atoms with Gasteiger partial charge in [0.25, 0.3) is 11.9 Å². The van der Waals surface area contributed by atoms with Crippen LogP contribution >= 0.6 is 24.0 Å². The minimum atomic E-state index is -0.389. The van der Waals surface area contributed by atoms with E-state index in [0.717, 1.165) is 31.5 Å². The van der Waals surface area contributed by atoms with Crippen molar-refractivity contribution in [1.29, 1.82) is 0 Å². The highest BCUT2D eigenvalue weighted by Crippen LogP contribution is 2.30. The third-order valence-electron chi connectivity index (χ3n) is 6.56. The Hall–Kier alpha value is -3.13. The number of nitrogens with one attached hydrogen (secondary N) is 1. The van der Waals surface area contributed by atoms with Crippen LogP contribution in [0.25, 0.3) is 22.2 Å². The molecule has 0 atom stereocenters. The molecular formula is C27H27Cl2FN4O2. The van der Waals surface area contributed by atoms with E-state index in [1.807, 2.05) is 19.2 Å². The van der Waals surface area contributed by atoms with Crippen molar-refractivity contribution < 1.29 is 13.6 Å². The number of hydrogen-bond donors (Lipinski definition) is 1. The Labute approximate surface area is 220 Å². The van der Waals surface area contributed by atoms with Gasteiger partial charge in [-0.15, -0.1) is 12.4 Å². The molecule has 188 valence electrons. The molecule has 0 unspecified atom stereocenters. The summed E-state index contributed by atoms with van der Waals surface area (Å²) >= 11 is 6.15. The summed E-state index contributed by atoms with van der Waals surface area (Å²) < 4.78 is 19.3. The molecule has 4 aromatic rings. The SMILES string of the molecule is CN1CCC(N(C)c2nc3cc(NC(=O)c4ccc(-c5ccc(F)cc5Cl)cc4)ccc3o2)CC1.Cl. The average molecular weight is 529 g/mol. The van der Waals surface area contributed by atoms with Gasteiger partial charge in [-0.05, 0) is 87.1 Å². The number of hydrogen-bond acceptors (Lipinski definition) is 5. The van der Waals surface area contributed by atoms with Crippen LogP contribution in [0.1, 0.15) is 23.2 Å². The first kappa shape index (κ1) is 25.9. The standard InChI is InChI=1S/C27H26ClFN4O2.ClH/c1-32-13-11-21(12-14-32)33(2)27-31-24-16-20(8-10-25(24)35-27)30-26(34)18-5-3-17(4-6-18)22-9-7-19(29)15-23(22)28;/h3-10,15-16,21H,11-14H2,1-2H3,(H,30,34);1H. The highest BCUT2D eigenvalue weighted by molar-refractivity contribution is 6.33. The van der Waals surface area contributed by atoms with Crippen LogP contribution < -0.4 is 10.2 Å². The molecule has 36 heavy (non-hydrogen) atoms. The van der Waals surface area contributed by atoms with Crippen molar-refractivity contribution in [2.45, 2.75) is 18.9 Å². The summed E-state index contributed by atoms with van der Waals surface area (Å²) in [5.74, 6) is -0.632. The topological polar surface area (TPSA) is 61.6 Å². The van der Waals surface area contributed by atoms with Gasteiger partial charge >= 0.3 is 0 Å². The van der Waals surface area contributed by atoms with Crippen LogP contribution in [-0.4, -0.2) is 49.0 Å². The van der Waals surface area contributed by atoms with E-state index in [-0.39, 0.29) is 24.1 Å². The quantitative estimate of drug-likeness (QED) is 0.320. The molecular weight excluding hydrogens is 502 g/mol. The number of anilines is 2. The minimum absolute atomic E-state index is 0. The molecule has 6 nitrogen and oxygen atoms in total. The number of carbonyl (C=O) groups excluding carboxylic acids is 1. The molecule has 1 aliphatic rings. The number of aromatic nitrogens is 1. The molecule has 3 aromatic carbocycles. The second-order valence-corrected chi connectivity index (χ2v) is 9.39. The predicted molar refractivity (Wildman–Crippen MR) is 145 cm³/mol. The maximum Gasteiger partial charge on any atom is 0.298 e. The third-order valence-corrected chi connectivity index (χ3v) is 6.87. The van der Waals surface area contributed by atoms with Gasteiger partial charge in [-0.1, -0.05) is 23.7 Å². The number of benzene rings is 3. The second-order valence-electron chi connectivity index (χ2n) is 8.98. The fraction of sp³-hybridized carbons (Fsp3) is 0.259. The molecule has 1 N–H and O–H groups in total. The number of nitrogens with zero attached hydrogens (tertiary/aromatic N) is 3. The normalized spacial score (nSPS) is 14.4. The zero-order valence-corrected chi connectivity index (χ0v) is 21.6. The fourth-order valence-electron chi connectivity index (χ4n) is 4.41. The van der Waals surface area contributed by atoms with E-state index >= 15 is 0 Å². The van der Waals surface area contributed by atoms with Crippen molar-refractivity contribution in [3.63, 3.8) is 0 Å². The fourth-order valence-corrected chi connectivity index (χ4v) is 4.69. The van der Waals surface area contributed by atoms with Gasteiger partial charge in [-0.3, -0.25) is 4.79 Å². The molecule has 1 fully saturated rings. The van der Waals surface area contributed by atoms with Crippen molar-refractivity contribution in [2.24, 2.45) is 0 Å². The first-order valence-corrected chi connectivity index (χ1v) is 11.9. The summed E-state index contributed by atoms with van der Waals surface area (Å²) in [5.41, 5.74) is 4.01. The highest BCUT2D eigenvalue weighted by atomic mass is 35.5. The number of amides is 1. The Kier molecular flexibility index (Phi) is 7.83. The Morgan fingerprint density at radius 3 is 2.53 bits per heavy atom. The number of carbonyl (C=O) groups is 1. The van der Waals surface area contributed by atoms with Gasteiger partial charge in [0.2, 0.25) is 0 Å². The van der Waals surface area contributed by atoms with Gasteiger partial charge in [0.15, 0.2) is 5.58 Å². The van der Waals surface area contributed by atoms with Gasteiger partial charge in [0, 0.05) is 29.9 Å². The van der Waals surface area contributed by atoms with Gasteiger partial charge in [0.05, 0.1) is 5.02 Å². The van der Waals surface area contributed by atoms with Crippen molar-refractivity contribution in [3.05, 3.63) is 77.1 Å². The van der Waals surface area contributed by atoms with E-state index in [2.05, 4.69) is 27.1 Å². The summed E-state index contributed by atoms with van der Waals surface area (Å²) in [6.45, 7) is 2.12. The summed E-state index contributed by atoms with van der Waals surface area (Å²) in [4.78, 5) is 21.9. The van der Waals surface area contributed by atoms with Crippen molar-refractivity contribution >= 4 is 52.7 Å². The van der Waals surface area contributed by atoms with E-state index in [1.165, 1.54) is 12.1 Å². The van der Waals surface area contributed by atoms with Crippen molar-refractivity contribution in [3.8, 4) is 11.1 Å². The third kappa shape index (κ3) is 5.48. The summed E-state index contributed by atoms with van der Waals surface area (Å²) in [7, 11) is 4.16. The smallest absolute Gasteiger partial charge is 0.298 e. The van der Waals surface area contributed by atoms with Crippen LogP contribution in [0.3, 0.4) is 0 Å². The lowest BCUT2D eigenvalue weighted by atomic mass is 10.0. The number of fused-ring (bicyclic) bond motifs is 1. The molecule has 0 radical (unpaired) electrons. The summed E-state index contributed by atoms with van der Waals surface area (Å²) in [5, 5.41) is 3.24. The van der Waals surface area contributed by atoms with Crippen molar-refractivity contribution in [1.82, 2.24) is 9.88 Å². The maximum absolute atomic E-state index is 13.3. The molecule has 1 saturated heterocycles. The number of oxazole rings is 1. The van der Waals surface area contributed by atoms with Crippen LogP contribution in [0.4, 0.5) is 16.1 Å². The van der Waals surface area contributed by atoms with E-state index in [1.54, 1.807) is 36.4 Å². The average Bonchev–Trinajstić information content (AvgIpc) is 3.28. The van der Waals surface area contributed by atoms with Crippen LogP contribution in [0.2, 0.25) is 5.02 Å². The number of rotatable bonds is 5. The molecule has 2 heterocycles. The number of likely N-dealkylation sites (tertiary alicyclic amines) is 1.